The van der Waals surface area contributed by atoms with Gasteiger partial charge < -0.3 is 15.4 Å². The van der Waals surface area contributed by atoms with E-state index in [0.717, 1.165) is 29.5 Å². The van der Waals surface area contributed by atoms with Gasteiger partial charge in [-0.05, 0) is 60.2 Å². The van der Waals surface area contributed by atoms with Gasteiger partial charge in [0.25, 0.3) is 5.91 Å². The topological polar surface area (TPSA) is 109 Å². The Balaban J connectivity index is 1.56. The van der Waals surface area contributed by atoms with Gasteiger partial charge in [-0.2, -0.15) is 0 Å². The average Bonchev–Trinajstić information content (AvgIpc) is 3.37. The maximum absolute atomic E-state index is 13.4. The third-order valence-electron chi connectivity index (χ3n) is 6.35. The number of hydrogen-bond donors (Lipinski definition) is 2. The van der Waals surface area contributed by atoms with Crippen LogP contribution in [0, 0.1) is 11.3 Å². The standard InChI is InChI=1S/C27H28N4O3/c1-34-27(33)23(16-18-5-2-6-21(15-18)25(28)29)24-8-4-14-31(24)26(32)20-11-9-19(10-12-20)22-7-3-13-30-17-22/h2-3,5-7,9-13,15,17,23-24H,4,8,14,16H2,1H3,(H3,28,29). The lowest BCUT2D eigenvalue weighted by molar-refractivity contribution is -0.147. The number of nitrogen functional groups attached to an aromatic ring is 1. The SMILES string of the molecule is COC(=O)C(Cc1cccc(C(=N)N)c1)C1CCCN1C(=O)c1ccc(-c2cccnc2)cc1. The van der Waals surface area contributed by atoms with Gasteiger partial charge in [0.2, 0.25) is 0 Å². The molecule has 1 saturated heterocycles. The first-order chi connectivity index (χ1) is 16.5. The number of hydrogen-bond acceptors (Lipinski definition) is 5. The van der Waals surface area contributed by atoms with E-state index in [-0.39, 0.29) is 23.8 Å². The zero-order chi connectivity index (χ0) is 24.1. The van der Waals surface area contributed by atoms with Crippen LogP contribution in [0.15, 0.2) is 73.1 Å². The fourth-order valence-electron chi connectivity index (χ4n) is 4.62. The van der Waals surface area contributed by atoms with Crippen LogP contribution in [0.25, 0.3) is 11.1 Å². The van der Waals surface area contributed by atoms with E-state index in [1.165, 1.54) is 7.11 Å². The first-order valence-corrected chi connectivity index (χ1v) is 11.3. The molecular formula is C27H28N4O3. The number of likely N-dealkylation sites (tertiary alicyclic amines) is 1. The number of nitrogens with zero attached hydrogens (tertiary/aromatic N) is 2. The number of esters is 1. The summed E-state index contributed by atoms with van der Waals surface area (Å²) in [7, 11) is 1.37. The largest absolute Gasteiger partial charge is 0.469 e. The Bertz CT molecular complexity index is 1180. The summed E-state index contributed by atoms with van der Waals surface area (Å²) in [4.78, 5) is 32.2. The summed E-state index contributed by atoms with van der Waals surface area (Å²) >= 11 is 0. The molecule has 174 valence electrons. The minimum absolute atomic E-state index is 0.0242. The van der Waals surface area contributed by atoms with Crippen LogP contribution in [0.3, 0.4) is 0 Å². The molecule has 1 aromatic heterocycles. The molecule has 2 unspecified atom stereocenters. The van der Waals surface area contributed by atoms with Crippen molar-refractivity contribution in [3.8, 4) is 11.1 Å². The third kappa shape index (κ3) is 4.98. The Kier molecular flexibility index (Phi) is 7.01. The monoisotopic (exact) mass is 456 g/mol. The van der Waals surface area contributed by atoms with E-state index in [9.17, 15) is 9.59 Å². The Morgan fingerprint density at radius 1 is 1.12 bits per heavy atom. The molecule has 0 spiro atoms. The van der Waals surface area contributed by atoms with Crippen molar-refractivity contribution in [1.82, 2.24) is 9.88 Å². The lowest BCUT2D eigenvalue weighted by atomic mass is 9.89. The molecule has 2 aromatic carbocycles. The third-order valence-corrected chi connectivity index (χ3v) is 6.35. The normalized spacial score (nSPS) is 16.1. The minimum Gasteiger partial charge on any atom is -0.469 e. The zero-order valence-electron chi connectivity index (χ0n) is 19.1. The van der Waals surface area contributed by atoms with Crippen LogP contribution in [-0.4, -0.2) is 47.3 Å². The van der Waals surface area contributed by atoms with Crippen LogP contribution >= 0.6 is 0 Å². The Hall–Kier alpha value is -4.00. The highest BCUT2D eigenvalue weighted by atomic mass is 16.5. The summed E-state index contributed by atoms with van der Waals surface area (Å²) in [6.07, 6.45) is 5.47. The molecule has 1 aliphatic heterocycles. The van der Waals surface area contributed by atoms with Crippen molar-refractivity contribution in [2.24, 2.45) is 11.7 Å². The first kappa shape index (κ1) is 23.2. The quantitative estimate of drug-likeness (QED) is 0.320. The molecule has 7 heteroatoms. The summed E-state index contributed by atoms with van der Waals surface area (Å²) in [5, 5.41) is 7.69. The number of ether oxygens (including phenoxy) is 1. The van der Waals surface area contributed by atoms with Gasteiger partial charge in [-0.25, -0.2) is 0 Å². The number of nitrogens with one attached hydrogen (secondary N) is 1. The van der Waals surface area contributed by atoms with Gasteiger partial charge in [-0.15, -0.1) is 0 Å². The second kappa shape index (κ2) is 10.3. The van der Waals surface area contributed by atoms with E-state index in [1.54, 1.807) is 23.4 Å². The lowest BCUT2D eigenvalue weighted by Crippen LogP contribution is -2.44. The fraction of sp³-hybridized carbons (Fsp3) is 0.259. The van der Waals surface area contributed by atoms with Gasteiger partial charge in [-0.3, -0.25) is 20.0 Å². The molecule has 0 radical (unpaired) electrons. The fourth-order valence-corrected chi connectivity index (χ4v) is 4.62. The van der Waals surface area contributed by atoms with Crippen molar-refractivity contribution >= 4 is 17.7 Å². The van der Waals surface area contributed by atoms with Crippen molar-refractivity contribution in [1.29, 1.82) is 5.41 Å². The minimum atomic E-state index is -0.506. The number of amidine groups is 1. The van der Waals surface area contributed by atoms with Crippen LogP contribution in [0.1, 0.15) is 34.3 Å². The number of nitrogens with two attached hydrogens (primary N) is 1. The maximum Gasteiger partial charge on any atom is 0.311 e. The summed E-state index contributed by atoms with van der Waals surface area (Å²) < 4.78 is 5.12. The highest BCUT2D eigenvalue weighted by molar-refractivity contribution is 5.96. The number of methoxy groups -OCH3 is 1. The van der Waals surface area contributed by atoms with E-state index < -0.39 is 5.92 Å². The molecular weight excluding hydrogens is 428 g/mol. The van der Waals surface area contributed by atoms with Gasteiger partial charge in [0.1, 0.15) is 5.84 Å². The Labute approximate surface area is 199 Å². The van der Waals surface area contributed by atoms with Crippen molar-refractivity contribution < 1.29 is 14.3 Å². The Morgan fingerprint density at radius 2 is 1.91 bits per heavy atom. The van der Waals surface area contributed by atoms with E-state index >= 15 is 0 Å². The number of amides is 1. The number of benzene rings is 2. The zero-order valence-corrected chi connectivity index (χ0v) is 19.1. The van der Waals surface area contributed by atoms with E-state index in [4.69, 9.17) is 15.9 Å². The highest BCUT2D eigenvalue weighted by Gasteiger charge is 2.39. The van der Waals surface area contributed by atoms with Crippen LogP contribution < -0.4 is 5.73 Å². The summed E-state index contributed by atoms with van der Waals surface area (Å²) in [5.41, 5.74) is 9.67. The predicted octanol–water partition coefficient (Wildman–Crippen LogP) is 3.67. The molecule has 2 atom stereocenters. The van der Waals surface area contributed by atoms with Crippen LogP contribution in [0.4, 0.5) is 0 Å². The number of carbonyl (C=O) groups excluding carboxylic acids is 2. The molecule has 1 fully saturated rings. The molecule has 0 saturated carbocycles. The molecule has 4 rings (SSSR count). The molecule has 0 bridgehead atoms. The second-order valence-electron chi connectivity index (χ2n) is 8.48. The van der Waals surface area contributed by atoms with Crippen molar-refractivity contribution in [3.05, 3.63) is 89.7 Å². The number of aromatic nitrogens is 1. The van der Waals surface area contributed by atoms with Gasteiger partial charge in [0.15, 0.2) is 0 Å². The molecule has 1 aliphatic rings. The van der Waals surface area contributed by atoms with Gasteiger partial charge >= 0.3 is 5.97 Å². The van der Waals surface area contributed by atoms with Crippen LogP contribution in [-0.2, 0) is 16.0 Å². The van der Waals surface area contributed by atoms with Crippen LogP contribution in [0.5, 0.6) is 0 Å². The number of carbonyl (C=O) groups is 2. The lowest BCUT2D eigenvalue weighted by Gasteiger charge is -2.30. The van der Waals surface area contributed by atoms with Crippen molar-refractivity contribution in [3.63, 3.8) is 0 Å². The van der Waals surface area contributed by atoms with Crippen LogP contribution in [0.2, 0.25) is 0 Å². The average molecular weight is 457 g/mol. The molecule has 2 heterocycles. The molecule has 0 aliphatic carbocycles. The first-order valence-electron chi connectivity index (χ1n) is 11.3. The molecule has 3 aromatic rings. The molecule has 1 amide bonds. The van der Waals surface area contributed by atoms with E-state index in [1.807, 2.05) is 54.6 Å². The summed E-state index contributed by atoms with van der Waals surface area (Å²) in [6.45, 7) is 0.592. The van der Waals surface area contributed by atoms with Gasteiger partial charge in [0, 0.05) is 36.1 Å². The predicted molar refractivity (Wildman–Crippen MR) is 130 cm³/mol. The molecule has 7 nitrogen and oxygen atoms in total. The number of pyridine rings is 1. The molecule has 34 heavy (non-hydrogen) atoms. The van der Waals surface area contributed by atoms with Gasteiger partial charge in [0.05, 0.1) is 13.0 Å². The van der Waals surface area contributed by atoms with E-state index in [2.05, 4.69) is 4.98 Å². The highest BCUT2D eigenvalue weighted by Crippen LogP contribution is 2.30. The summed E-state index contributed by atoms with van der Waals surface area (Å²) in [6, 6.07) is 18.4. The summed E-state index contributed by atoms with van der Waals surface area (Å²) in [5.74, 6) is -0.964. The van der Waals surface area contributed by atoms with Crippen molar-refractivity contribution in [2.45, 2.75) is 25.3 Å². The smallest absolute Gasteiger partial charge is 0.311 e. The second-order valence-corrected chi connectivity index (χ2v) is 8.48. The van der Waals surface area contributed by atoms with Gasteiger partial charge in [-0.1, -0.05) is 36.4 Å². The Morgan fingerprint density at radius 3 is 2.59 bits per heavy atom. The number of rotatable bonds is 7. The van der Waals surface area contributed by atoms with Crippen molar-refractivity contribution in [2.75, 3.05) is 13.7 Å². The van der Waals surface area contributed by atoms with E-state index in [0.29, 0.717) is 24.1 Å². The molecule has 3 N–H and O–H groups in total. The maximum atomic E-state index is 13.4.